The van der Waals surface area contributed by atoms with Gasteiger partial charge in [-0.25, -0.2) is 0 Å². The summed E-state index contributed by atoms with van der Waals surface area (Å²) in [5.41, 5.74) is 6.98. The molecule has 0 bridgehead atoms. The molecular weight excluding hydrogens is 267 g/mol. The molecule has 1 atom stereocenters. The van der Waals surface area contributed by atoms with Crippen molar-refractivity contribution in [3.05, 3.63) is 33.8 Å². The highest BCUT2D eigenvalue weighted by molar-refractivity contribution is 6.33. The fourth-order valence-electron chi connectivity index (χ4n) is 2.24. The van der Waals surface area contributed by atoms with Crippen LogP contribution in [-0.4, -0.2) is 24.5 Å². The molecule has 0 aliphatic rings. The Morgan fingerprint density at radius 2 is 1.78 bits per heavy atom. The first kappa shape index (κ1) is 15.8. The minimum absolute atomic E-state index is 0.149. The van der Waals surface area contributed by atoms with Crippen LogP contribution in [0.1, 0.15) is 38.3 Å². The van der Waals surface area contributed by atoms with Crippen LogP contribution < -0.4 is 5.73 Å². The molecular formula is C14H22Cl2N2. The zero-order valence-corrected chi connectivity index (χ0v) is 12.6. The molecule has 1 unspecified atom stereocenters. The van der Waals surface area contributed by atoms with Crippen molar-refractivity contribution in [3.8, 4) is 0 Å². The second-order valence-corrected chi connectivity index (χ2v) is 5.30. The largest absolute Gasteiger partial charge is 0.329 e. The summed E-state index contributed by atoms with van der Waals surface area (Å²) in [6.45, 7) is 6.96. The fraction of sp³-hybridized carbons (Fsp3) is 0.571. The molecule has 0 heterocycles. The van der Waals surface area contributed by atoms with Gasteiger partial charge in [-0.1, -0.05) is 37.0 Å². The van der Waals surface area contributed by atoms with Crippen molar-refractivity contribution in [3.63, 3.8) is 0 Å². The number of hydrogen-bond acceptors (Lipinski definition) is 2. The van der Waals surface area contributed by atoms with E-state index in [1.807, 2.05) is 18.2 Å². The van der Waals surface area contributed by atoms with Gasteiger partial charge >= 0.3 is 0 Å². The third-order valence-electron chi connectivity index (χ3n) is 3.00. The summed E-state index contributed by atoms with van der Waals surface area (Å²) in [4.78, 5) is 2.39. The molecule has 1 rings (SSSR count). The number of nitrogens with two attached hydrogens (primary N) is 1. The monoisotopic (exact) mass is 288 g/mol. The standard InChI is InChI=1S/C14H22Cl2N2/c1-3-7-18(8-4-2)14(10-17)12-9-11(15)5-6-13(12)16/h5-6,9,14H,3-4,7-8,10,17H2,1-2H3. The predicted octanol–water partition coefficient (Wildman–Crippen LogP) is 4.12. The van der Waals surface area contributed by atoms with Crippen molar-refractivity contribution in [1.29, 1.82) is 0 Å². The van der Waals surface area contributed by atoms with E-state index in [4.69, 9.17) is 28.9 Å². The fourth-order valence-corrected chi connectivity index (χ4v) is 2.66. The zero-order valence-electron chi connectivity index (χ0n) is 11.1. The molecule has 0 saturated carbocycles. The first-order chi connectivity index (χ1) is 8.63. The van der Waals surface area contributed by atoms with Crippen LogP contribution in [0.3, 0.4) is 0 Å². The van der Waals surface area contributed by atoms with Crippen molar-refractivity contribution < 1.29 is 0 Å². The average Bonchev–Trinajstić information content (AvgIpc) is 2.35. The van der Waals surface area contributed by atoms with Gasteiger partial charge in [-0.15, -0.1) is 0 Å². The lowest BCUT2D eigenvalue weighted by Gasteiger charge is -2.31. The second-order valence-electron chi connectivity index (χ2n) is 4.45. The molecule has 0 aromatic heterocycles. The van der Waals surface area contributed by atoms with E-state index < -0.39 is 0 Å². The summed E-state index contributed by atoms with van der Waals surface area (Å²) >= 11 is 12.3. The molecule has 0 fully saturated rings. The van der Waals surface area contributed by atoms with E-state index in [0.717, 1.165) is 36.5 Å². The molecule has 0 aliphatic heterocycles. The van der Waals surface area contributed by atoms with Crippen molar-refractivity contribution in [2.75, 3.05) is 19.6 Å². The Hall–Kier alpha value is -0.280. The molecule has 4 heteroatoms. The minimum atomic E-state index is 0.149. The summed E-state index contributed by atoms with van der Waals surface area (Å²) < 4.78 is 0. The van der Waals surface area contributed by atoms with Crippen LogP contribution in [0.5, 0.6) is 0 Å². The first-order valence-electron chi connectivity index (χ1n) is 6.53. The smallest absolute Gasteiger partial charge is 0.0485 e. The third kappa shape index (κ3) is 4.13. The molecule has 102 valence electrons. The van der Waals surface area contributed by atoms with E-state index in [1.54, 1.807) is 0 Å². The van der Waals surface area contributed by atoms with Gasteiger partial charge in [0.25, 0.3) is 0 Å². The number of rotatable bonds is 7. The zero-order chi connectivity index (χ0) is 13.5. The van der Waals surface area contributed by atoms with E-state index in [-0.39, 0.29) is 6.04 Å². The molecule has 0 spiro atoms. The van der Waals surface area contributed by atoms with E-state index >= 15 is 0 Å². The van der Waals surface area contributed by atoms with E-state index in [1.165, 1.54) is 0 Å². The lowest BCUT2D eigenvalue weighted by Crippen LogP contribution is -2.35. The first-order valence-corrected chi connectivity index (χ1v) is 7.28. The summed E-state index contributed by atoms with van der Waals surface area (Å²) in [5, 5.41) is 1.45. The maximum atomic E-state index is 6.27. The van der Waals surface area contributed by atoms with Crippen molar-refractivity contribution in [2.24, 2.45) is 5.73 Å². The van der Waals surface area contributed by atoms with Gasteiger partial charge in [0.15, 0.2) is 0 Å². The van der Waals surface area contributed by atoms with Crippen LogP contribution in [0.4, 0.5) is 0 Å². The van der Waals surface area contributed by atoms with Gasteiger partial charge in [-0.3, -0.25) is 4.90 Å². The van der Waals surface area contributed by atoms with Gasteiger partial charge in [0.05, 0.1) is 0 Å². The van der Waals surface area contributed by atoms with Crippen LogP contribution in [0.2, 0.25) is 10.0 Å². The Balaban J connectivity index is 3.01. The molecule has 0 radical (unpaired) electrons. The van der Waals surface area contributed by atoms with Crippen molar-refractivity contribution in [1.82, 2.24) is 4.90 Å². The maximum Gasteiger partial charge on any atom is 0.0485 e. The number of benzene rings is 1. The molecule has 18 heavy (non-hydrogen) atoms. The van der Waals surface area contributed by atoms with Crippen molar-refractivity contribution in [2.45, 2.75) is 32.7 Å². The molecule has 0 amide bonds. The van der Waals surface area contributed by atoms with E-state index in [2.05, 4.69) is 18.7 Å². The summed E-state index contributed by atoms with van der Waals surface area (Å²) in [6, 6.07) is 5.74. The highest BCUT2D eigenvalue weighted by Crippen LogP contribution is 2.29. The van der Waals surface area contributed by atoms with Crippen LogP contribution in [0.15, 0.2) is 18.2 Å². The third-order valence-corrected chi connectivity index (χ3v) is 3.58. The average molecular weight is 289 g/mol. The van der Waals surface area contributed by atoms with Gasteiger partial charge < -0.3 is 5.73 Å². The Kier molecular flexibility index (Phi) is 7.02. The van der Waals surface area contributed by atoms with Crippen molar-refractivity contribution >= 4 is 23.2 Å². The van der Waals surface area contributed by atoms with Gasteiger partial charge in [0, 0.05) is 22.6 Å². The summed E-state index contributed by atoms with van der Waals surface area (Å²) in [5.74, 6) is 0. The molecule has 0 aliphatic carbocycles. The van der Waals surface area contributed by atoms with E-state index in [0.29, 0.717) is 11.6 Å². The van der Waals surface area contributed by atoms with Gasteiger partial charge in [0.1, 0.15) is 0 Å². The normalized spacial score (nSPS) is 13.0. The highest BCUT2D eigenvalue weighted by atomic mass is 35.5. The number of nitrogens with zero attached hydrogens (tertiary/aromatic N) is 1. The lowest BCUT2D eigenvalue weighted by molar-refractivity contribution is 0.202. The minimum Gasteiger partial charge on any atom is -0.329 e. The Labute approximate surface area is 120 Å². The van der Waals surface area contributed by atoms with Crippen LogP contribution >= 0.6 is 23.2 Å². The van der Waals surface area contributed by atoms with Gasteiger partial charge in [-0.2, -0.15) is 0 Å². The molecule has 0 saturated heterocycles. The Morgan fingerprint density at radius 1 is 1.17 bits per heavy atom. The Bertz CT molecular complexity index is 363. The maximum absolute atomic E-state index is 6.27. The second kappa shape index (κ2) is 8.00. The van der Waals surface area contributed by atoms with Gasteiger partial charge in [0.2, 0.25) is 0 Å². The topological polar surface area (TPSA) is 29.3 Å². The highest BCUT2D eigenvalue weighted by Gasteiger charge is 2.20. The lowest BCUT2D eigenvalue weighted by atomic mass is 10.0. The summed E-state index contributed by atoms with van der Waals surface area (Å²) in [6.07, 6.45) is 2.21. The van der Waals surface area contributed by atoms with Crippen LogP contribution in [-0.2, 0) is 0 Å². The molecule has 2 nitrogen and oxygen atoms in total. The number of hydrogen-bond donors (Lipinski definition) is 1. The van der Waals surface area contributed by atoms with Gasteiger partial charge in [-0.05, 0) is 49.7 Å². The number of halogens is 2. The van der Waals surface area contributed by atoms with Crippen LogP contribution in [0.25, 0.3) is 0 Å². The van der Waals surface area contributed by atoms with E-state index in [9.17, 15) is 0 Å². The summed E-state index contributed by atoms with van der Waals surface area (Å²) in [7, 11) is 0. The SMILES string of the molecule is CCCN(CCC)C(CN)c1cc(Cl)ccc1Cl. The molecule has 2 N–H and O–H groups in total. The molecule has 1 aromatic carbocycles. The predicted molar refractivity (Wildman–Crippen MR) is 80.4 cm³/mol. The quantitative estimate of drug-likeness (QED) is 0.818. The molecule has 1 aromatic rings. The Morgan fingerprint density at radius 3 is 2.28 bits per heavy atom. The van der Waals surface area contributed by atoms with Crippen LogP contribution in [0, 0.1) is 0 Å².